The number of ether oxygens (including phenoxy) is 1. The zero-order valence-electron chi connectivity index (χ0n) is 17.0. The molecule has 154 valence electrons. The molecule has 0 aliphatic carbocycles. The molecule has 1 saturated heterocycles. The van der Waals surface area contributed by atoms with E-state index >= 15 is 0 Å². The summed E-state index contributed by atoms with van der Waals surface area (Å²) in [5.74, 6) is -0.181. The van der Waals surface area contributed by atoms with Crippen molar-refractivity contribution < 1.29 is 9.53 Å². The summed E-state index contributed by atoms with van der Waals surface area (Å²) in [6, 6.07) is 18.1. The van der Waals surface area contributed by atoms with Gasteiger partial charge >= 0.3 is 5.97 Å². The summed E-state index contributed by atoms with van der Waals surface area (Å²) in [4.78, 5) is 16.5. The van der Waals surface area contributed by atoms with Gasteiger partial charge in [-0.25, -0.2) is 0 Å². The predicted molar refractivity (Wildman–Crippen MR) is 121 cm³/mol. The number of carbonyl (C=O) groups excluding carboxylic acids is 1. The summed E-state index contributed by atoms with van der Waals surface area (Å²) in [5.41, 5.74) is 3.32. The van der Waals surface area contributed by atoms with Crippen LogP contribution in [-0.2, 0) is 22.6 Å². The smallest absolute Gasteiger partial charge is 0.320 e. The number of benzene rings is 2. The third kappa shape index (κ3) is 6.84. The fraction of sp³-hybridized carbons (Fsp3) is 0.391. The Hall–Kier alpha value is -2.44. The van der Waals surface area contributed by atoms with E-state index < -0.39 is 0 Å². The Labute approximate surface area is 178 Å². The van der Waals surface area contributed by atoms with E-state index in [4.69, 9.17) is 17.0 Å². The predicted octanol–water partition coefficient (Wildman–Crippen LogP) is 3.70. The minimum Gasteiger partial charge on any atom is -0.460 e. The van der Waals surface area contributed by atoms with Crippen molar-refractivity contribution in [2.24, 2.45) is 0 Å². The first-order chi connectivity index (χ1) is 14.1. The number of hydrogen-bond acceptors (Lipinski definition) is 4. The Balaban J connectivity index is 1.44. The van der Waals surface area contributed by atoms with E-state index in [0.717, 1.165) is 55.4 Å². The molecular weight excluding hydrogens is 382 g/mol. The lowest BCUT2D eigenvalue weighted by molar-refractivity contribution is -0.146. The molecule has 0 unspecified atom stereocenters. The maximum absolute atomic E-state index is 12.2. The summed E-state index contributed by atoms with van der Waals surface area (Å²) in [5, 5.41) is 4.10. The molecule has 0 aromatic heterocycles. The Morgan fingerprint density at radius 2 is 1.83 bits per heavy atom. The van der Waals surface area contributed by atoms with E-state index in [1.807, 2.05) is 36.4 Å². The van der Waals surface area contributed by atoms with E-state index in [0.29, 0.717) is 13.2 Å². The monoisotopic (exact) mass is 411 g/mol. The molecule has 1 aliphatic heterocycles. The molecule has 6 heteroatoms. The number of esters is 1. The van der Waals surface area contributed by atoms with Gasteiger partial charge in [-0.2, -0.15) is 0 Å². The highest BCUT2D eigenvalue weighted by Gasteiger charge is 2.19. The molecule has 0 radical (unpaired) electrons. The molecule has 0 bridgehead atoms. The number of nitrogens with zero attached hydrogens (tertiary/aromatic N) is 2. The zero-order valence-corrected chi connectivity index (χ0v) is 17.8. The average Bonchev–Trinajstić information content (AvgIpc) is 2.99. The van der Waals surface area contributed by atoms with Gasteiger partial charge in [0.2, 0.25) is 0 Å². The molecule has 1 heterocycles. The van der Waals surface area contributed by atoms with Crippen LogP contribution < -0.4 is 5.32 Å². The number of anilines is 1. The van der Waals surface area contributed by atoms with Crippen LogP contribution in [0.2, 0.25) is 0 Å². The van der Waals surface area contributed by atoms with Crippen LogP contribution in [-0.4, -0.2) is 53.6 Å². The van der Waals surface area contributed by atoms with Crippen molar-refractivity contribution in [2.75, 3.05) is 38.0 Å². The van der Waals surface area contributed by atoms with Gasteiger partial charge in [-0.15, -0.1) is 0 Å². The van der Waals surface area contributed by atoms with Gasteiger partial charge in [-0.3, -0.25) is 9.69 Å². The van der Waals surface area contributed by atoms with Crippen molar-refractivity contribution in [2.45, 2.75) is 26.4 Å². The van der Waals surface area contributed by atoms with Gasteiger partial charge in [0.15, 0.2) is 5.11 Å². The van der Waals surface area contributed by atoms with Crippen LogP contribution in [0.15, 0.2) is 54.6 Å². The molecule has 0 saturated carbocycles. The molecule has 3 rings (SSSR count). The highest BCUT2D eigenvalue weighted by molar-refractivity contribution is 7.80. The van der Waals surface area contributed by atoms with Gasteiger partial charge < -0.3 is 15.0 Å². The van der Waals surface area contributed by atoms with Crippen LogP contribution in [0.5, 0.6) is 0 Å². The summed E-state index contributed by atoms with van der Waals surface area (Å²) in [6.07, 6.45) is 1.96. The molecule has 1 fully saturated rings. The molecule has 0 atom stereocenters. The zero-order chi connectivity index (χ0) is 20.5. The molecule has 2 aromatic carbocycles. The number of hydrogen-bond donors (Lipinski definition) is 1. The Morgan fingerprint density at radius 3 is 2.62 bits per heavy atom. The van der Waals surface area contributed by atoms with E-state index in [1.165, 1.54) is 5.56 Å². The minimum absolute atomic E-state index is 0.181. The van der Waals surface area contributed by atoms with Gasteiger partial charge in [0.05, 0.1) is 6.54 Å². The van der Waals surface area contributed by atoms with Gasteiger partial charge in [-0.1, -0.05) is 49.4 Å². The second-order valence-electron chi connectivity index (χ2n) is 7.25. The number of nitrogens with one attached hydrogen (secondary N) is 1. The molecule has 2 aromatic rings. The summed E-state index contributed by atoms with van der Waals surface area (Å²) < 4.78 is 5.41. The highest BCUT2D eigenvalue weighted by atomic mass is 32.1. The topological polar surface area (TPSA) is 44.8 Å². The molecule has 1 aliphatic rings. The quantitative estimate of drug-likeness (QED) is 0.578. The summed E-state index contributed by atoms with van der Waals surface area (Å²) in [6.45, 7) is 6.12. The first-order valence-corrected chi connectivity index (χ1v) is 10.6. The fourth-order valence-electron chi connectivity index (χ4n) is 3.37. The molecular formula is C23H29N3O2S. The number of carbonyl (C=O) groups is 1. The van der Waals surface area contributed by atoms with E-state index in [9.17, 15) is 4.79 Å². The van der Waals surface area contributed by atoms with Crippen LogP contribution in [0, 0.1) is 0 Å². The molecule has 5 nitrogen and oxygen atoms in total. The molecule has 0 amide bonds. The van der Waals surface area contributed by atoms with E-state index in [-0.39, 0.29) is 5.97 Å². The SMILES string of the molecule is CCc1cccc(NC(=S)N2CCCN(CC(=O)OCc3ccccc3)CC2)c1. The summed E-state index contributed by atoms with van der Waals surface area (Å²) >= 11 is 5.62. The van der Waals surface area contributed by atoms with E-state index in [1.54, 1.807) is 0 Å². The van der Waals surface area contributed by atoms with E-state index in [2.05, 4.69) is 40.2 Å². The van der Waals surface area contributed by atoms with Crippen molar-refractivity contribution >= 4 is 29.0 Å². The van der Waals surface area contributed by atoms with Crippen molar-refractivity contribution in [3.05, 3.63) is 65.7 Å². The molecule has 1 N–H and O–H groups in total. The Bertz CT molecular complexity index is 813. The maximum Gasteiger partial charge on any atom is 0.320 e. The molecule has 0 spiro atoms. The maximum atomic E-state index is 12.2. The number of thiocarbonyl (C=S) groups is 1. The average molecular weight is 412 g/mol. The minimum atomic E-state index is -0.181. The Morgan fingerprint density at radius 1 is 1.03 bits per heavy atom. The summed E-state index contributed by atoms with van der Waals surface area (Å²) in [7, 11) is 0. The van der Waals surface area contributed by atoms with Crippen molar-refractivity contribution in [1.82, 2.24) is 9.80 Å². The third-order valence-electron chi connectivity index (χ3n) is 5.06. The number of aryl methyl sites for hydroxylation is 1. The van der Waals surface area contributed by atoms with Crippen molar-refractivity contribution in [3.63, 3.8) is 0 Å². The van der Waals surface area contributed by atoms with Crippen LogP contribution in [0.1, 0.15) is 24.5 Å². The van der Waals surface area contributed by atoms with Crippen LogP contribution in [0.4, 0.5) is 5.69 Å². The van der Waals surface area contributed by atoms with Crippen LogP contribution in [0.3, 0.4) is 0 Å². The van der Waals surface area contributed by atoms with Crippen molar-refractivity contribution in [3.8, 4) is 0 Å². The largest absolute Gasteiger partial charge is 0.460 e. The van der Waals surface area contributed by atoms with Crippen LogP contribution in [0.25, 0.3) is 0 Å². The van der Waals surface area contributed by atoms with Crippen molar-refractivity contribution in [1.29, 1.82) is 0 Å². The fourth-order valence-corrected chi connectivity index (χ4v) is 3.67. The van der Waals surface area contributed by atoms with Gasteiger partial charge in [0.25, 0.3) is 0 Å². The lowest BCUT2D eigenvalue weighted by atomic mass is 10.1. The van der Waals surface area contributed by atoms with Gasteiger partial charge in [0, 0.05) is 31.9 Å². The third-order valence-corrected chi connectivity index (χ3v) is 5.42. The van der Waals surface area contributed by atoms with Gasteiger partial charge in [-0.05, 0) is 48.3 Å². The second kappa shape index (κ2) is 10.9. The Kier molecular flexibility index (Phi) is 8.02. The van der Waals surface area contributed by atoms with Gasteiger partial charge in [0.1, 0.15) is 6.61 Å². The highest BCUT2D eigenvalue weighted by Crippen LogP contribution is 2.13. The first kappa shape index (κ1) is 21.3. The normalized spacial score (nSPS) is 14.9. The lowest BCUT2D eigenvalue weighted by Crippen LogP contribution is -2.39. The van der Waals surface area contributed by atoms with Crippen LogP contribution >= 0.6 is 12.2 Å². The second-order valence-corrected chi connectivity index (χ2v) is 7.63. The number of rotatable bonds is 6. The lowest BCUT2D eigenvalue weighted by Gasteiger charge is -2.24. The molecule has 29 heavy (non-hydrogen) atoms. The standard InChI is InChI=1S/C23H29N3O2S/c1-2-19-10-6-11-21(16-19)24-23(29)26-13-7-12-25(14-15-26)17-22(27)28-18-20-8-4-3-5-9-20/h3-6,8-11,16H,2,7,12-15,17-18H2,1H3,(H,24,29). The first-order valence-electron chi connectivity index (χ1n) is 10.2.